The Labute approximate surface area is 128 Å². The summed E-state index contributed by atoms with van der Waals surface area (Å²) in [7, 11) is 0. The molecule has 0 saturated heterocycles. The fraction of sp³-hybridized carbons (Fsp3) is 0.312. The van der Waals surface area contributed by atoms with Crippen molar-refractivity contribution in [2.45, 2.75) is 32.9 Å². The summed E-state index contributed by atoms with van der Waals surface area (Å²) in [5, 5.41) is 3.33. The van der Waals surface area contributed by atoms with Crippen LogP contribution < -0.4 is 10.1 Å². The van der Waals surface area contributed by atoms with Crippen LogP contribution in [-0.4, -0.2) is 10.5 Å². The van der Waals surface area contributed by atoms with Crippen LogP contribution in [0.2, 0.25) is 0 Å². The Morgan fingerprint density at radius 3 is 2.45 bits per heavy atom. The second kappa shape index (κ2) is 6.27. The summed E-state index contributed by atoms with van der Waals surface area (Å²) in [5.41, 5.74) is 1.10. The third-order valence-corrected chi connectivity index (χ3v) is 3.06. The second-order valence-corrected chi connectivity index (χ2v) is 6.57. The van der Waals surface area contributed by atoms with Crippen molar-refractivity contribution in [2.24, 2.45) is 0 Å². The lowest BCUT2D eigenvalue weighted by atomic mass is 10.1. The van der Waals surface area contributed by atoms with E-state index in [0.29, 0.717) is 12.5 Å². The molecule has 0 spiro atoms. The quantitative estimate of drug-likeness (QED) is 0.884. The van der Waals surface area contributed by atoms with Crippen LogP contribution in [0.3, 0.4) is 0 Å². The zero-order valence-corrected chi connectivity index (χ0v) is 13.6. The van der Waals surface area contributed by atoms with Gasteiger partial charge in [-0.1, -0.05) is 34.1 Å². The Balaban J connectivity index is 1.99. The zero-order valence-electron chi connectivity index (χ0n) is 12.0. The predicted molar refractivity (Wildman–Crippen MR) is 86.1 cm³/mol. The van der Waals surface area contributed by atoms with Gasteiger partial charge in [0.1, 0.15) is 12.4 Å². The monoisotopic (exact) mass is 334 g/mol. The van der Waals surface area contributed by atoms with E-state index in [1.807, 2.05) is 42.5 Å². The highest BCUT2D eigenvalue weighted by Crippen LogP contribution is 2.17. The summed E-state index contributed by atoms with van der Waals surface area (Å²) < 4.78 is 6.79. The summed E-state index contributed by atoms with van der Waals surface area (Å²) in [4.78, 5) is 4.45. The van der Waals surface area contributed by atoms with E-state index in [1.54, 1.807) is 0 Å². The minimum Gasteiger partial charge on any atom is -0.473 e. The van der Waals surface area contributed by atoms with Crippen molar-refractivity contribution in [3.63, 3.8) is 0 Å². The van der Waals surface area contributed by atoms with Crippen LogP contribution in [0.5, 0.6) is 5.88 Å². The van der Waals surface area contributed by atoms with Crippen LogP contribution in [-0.2, 0) is 6.61 Å². The molecule has 3 nitrogen and oxygen atoms in total. The number of halogens is 1. The van der Waals surface area contributed by atoms with E-state index in [2.05, 4.69) is 47.0 Å². The molecular formula is C16H19BrN2O. The Bertz CT molecular complexity index is 561. The van der Waals surface area contributed by atoms with E-state index in [1.165, 1.54) is 0 Å². The number of hydrogen-bond donors (Lipinski definition) is 1. The van der Waals surface area contributed by atoms with Crippen LogP contribution in [0.4, 0.5) is 5.82 Å². The molecule has 0 saturated carbocycles. The van der Waals surface area contributed by atoms with Gasteiger partial charge < -0.3 is 10.1 Å². The van der Waals surface area contributed by atoms with E-state index in [-0.39, 0.29) is 5.54 Å². The summed E-state index contributed by atoms with van der Waals surface area (Å²) in [5.74, 6) is 1.45. The van der Waals surface area contributed by atoms with Crippen molar-refractivity contribution < 1.29 is 4.74 Å². The lowest BCUT2D eigenvalue weighted by Gasteiger charge is -2.21. The van der Waals surface area contributed by atoms with E-state index in [9.17, 15) is 0 Å². The van der Waals surface area contributed by atoms with Gasteiger partial charge >= 0.3 is 0 Å². The predicted octanol–water partition coefficient (Wildman–Crippen LogP) is 4.63. The number of anilines is 1. The Morgan fingerprint density at radius 2 is 1.80 bits per heavy atom. The fourth-order valence-corrected chi connectivity index (χ4v) is 1.95. The lowest BCUT2D eigenvalue weighted by Crippen LogP contribution is -2.26. The number of ether oxygens (including phenoxy) is 1. The molecule has 4 heteroatoms. The largest absolute Gasteiger partial charge is 0.473 e. The summed E-state index contributed by atoms with van der Waals surface area (Å²) in [6, 6.07) is 13.8. The zero-order chi connectivity index (χ0) is 14.6. The molecule has 0 amide bonds. The maximum atomic E-state index is 5.72. The highest BCUT2D eigenvalue weighted by molar-refractivity contribution is 9.10. The van der Waals surface area contributed by atoms with E-state index < -0.39 is 0 Å². The van der Waals surface area contributed by atoms with Crippen molar-refractivity contribution >= 4 is 21.7 Å². The van der Waals surface area contributed by atoms with Crippen LogP contribution in [0.1, 0.15) is 26.3 Å². The van der Waals surface area contributed by atoms with Crippen molar-refractivity contribution in [2.75, 3.05) is 5.32 Å². The van der Waals surface area contributed by atoms with Gasteiger partial charge in [-0.3, -0.25) is 0 Å². The molecule has 0 aliphatic rings. The van der Waals surface area contributed by atoms with Gasteiger partial charge in [-0.25, -0.2) is 0 Å². The Hall–Kier alpha value is -1.55. The Morgan fingerprint density at radius 1 is 1.10 bits per heavy atom. The van der Waals surface area contributed by atoms with Crippen LogP contribution >= 0.6 is 15.9 Å². The number of nitrogens with zero attached hydrogens (tertiary/aromatic N) is 1. The lowest BCUT2D eigenvalue weighted by molar-refractivity contribution is 0.294. The molecule has 2 rings (SSSR count). The van der Waals surface area contributed by atoms with Gasteiger partial charge in [0.05, 0.1) is 0 Å². The first-order valence-electron chi connectivity index (χ1n) is 6.55. The third kappa shape index (κ3) is 4.85. The molecule has 1 N–H and O–H groups in total. The molecule has 1 aromatic heterocycles. The standard InChI is InChI=1S/C16H19BrN2O/c1-16(2,3)19-14-5-4-6-15(18-14)20-11-12-7-9-13(17)10-8-12/h4-10H,11H2,1-3H3,(H,18,19). The summed E-state index contributed by atoms with van der Waals surface area (Å²) in [6.07, 6.45) is 0. The smallest absolute Gasteiger partial charge is 0.215 e. The molecular weight excluding hydrogens is 316 g/mol. The van der Waals surface area contributed by atoms with E-state index in [4.69, 9.17) is 4.74 Å². The van der Waals surface area contributed by atoms with Crippen LogP contribution in [0.15, 0.2) is 46.9 Å². The first-order valence-corrected chi connectivity index (χ1v) is 7.34. The molecule has 0 atom stereocenters. The molecule has 106 valence electrons. The number of rotatable bonds is 4. The van der Waals surface area contributed by atoms with E-state index >= 15 is 0 Å². The second-order valence-electron chi connectivity index (χ2n) is 5.65. The first kappa shape index (κ1) is 14.9. The van der Waals surface area contributed by atoms with Crippen molar-refractivity contribution in [1.29, 1.82) is 0 Å². The fourth-order valence-electron chi connectivity index (χ4n) is 1.69. The molecule has 2 aromatic rings. The summed E-state index contributed by atoms with van der Waals surface area (Å²) >= 11 is 3.42. The molecule has 20 heavy (non-hydrogen) atoms. The summed E-state index contributed by atoms with van der Waals surface area (Å²) in [6.45, 7) is 6.82. The van der Waals surface area contributed by atoms with Crippen molar-refractivity contribution in [3.8, 4) is 5.88 Å². The van der Waals surface area contributed by atoms with Gasteiger partial charge in [-0.15, -0.1) is 0 Å². The maximum Gasteiger partial charge on any atom is 0.215 e. The van der Waals surface area contributed by atoms with Gasteiger partial charge in [-0.05, 0) is 44.5 Å². The highest BCUT2D eigenvalue weighted by atomic mass is 79.9. The van der Waals surface area contributed by atoms with Crippen molar-refractivity contribution in [3.05, 3.63) is 52.5 Å². The van der Waals surface area contributed by atoms with Crippen LogP contribution in [0.25, 0.3) is 0 Å². The number of nitrogens with one attached hydrogen (secondary N) is 1. The van der Waals surface area contributed by atoms with Gasteiger partial charge in [0.15, 0.2) is 0 Å². The molecule has 0 bridgehead atoms. The highest BCUT2D eigenvalue weighted by Gasteiger charge is 2.10. The van der Waals surface area contributed by atoms with Gasteiger partial charge in [0.25, 0.3) is 0 Å². The van der Waals surface area contributed by atoms with Crippen molar-refractivity contribution in [1.82, 2.24) is 4.98 Å². The number of hydrogen-bond acceptors (Lipinski definition) is 3. The minimum absolute atomic E-state index is 0.0165. The van der Waals surface area contributed by atoms with Crippen LogP contribution in [0, 0.1) is 0 Å². The molecule has 0 aliphatic carbocycles. The number of pyridine rings is 1. The number of benzene rings is 1. The molecule has 0 radical (unpaired) electrons. The third-order valence-electron chi connectivity index (χ3n) is 2.53. The average molecular weight is 335 g/mol. The SMILES string of the molecule is CC(C)(C)Nc1cccc(OCc2ccc(Br)cc2)n1. The average Bonchev–Trinajstić information content (AvgIpc) is 2.36. The minimum atomic E-state index is -0.0165. The van der Waals surface area contributed by atoms with Gasteiger partial charge in [-0.2, -0.15) is 4.98 Å². The first-order chi connectivity index (χ1) is 9.42. The number of aromatic nitrogens is 1. The maximum absolute atomic E-state index is 5.72. The van der Waals surface area contributed by atoms with Gasteiger partial charge in [0.2, 0.25) is 5.88 Å². The molecule has 0 fully saturated rings. The Kier molecular flexibility index (Phi) is 4.65. The molecule has 0 unspecified atom stereocenters. The molecule has 1 aromatic carbocycles. The topological polar surface area (TPSA) is 34.1 Å². The van der Waals surface area contributed by atoms with E-state index in [0.717, 1.165) is 15.9 Å². The van der Waals surface area contributed by atoms with Gasteiger partial charge in [0, 0.05) is 16.1 Å². The molecule has 1 heterocycles. The molecule has 0 aliphatic heterocycles. The normalized spacial score (nSPS) is 11.2.